The summed E-state index contributed by atoms with van der Waals surface area (Å²) in [5, 5.41) is 4.87. The van der Waals surface area contributed by atoms with Gasteiger partial charge in [0.05, 0.1) is 16.8 Å². The minimum atomic E-state index is -4.92. The summed E-state index contributed by atoms with van der Waals surface area (Å²) in [6, 6.07) is 1.14. The van der Waals surface area contributed by atoms with Gasteiger partial charge in [-0.1, -0.05) is 32.8 Å². The van der Waals surface area contributed by atoms with Crippen LogP contribution in [-0.2, 0) is 21.9 Å². The van der Waals surface area contributed by atoms with Crippen LogP contribution in [0.4, 0.5) is 32.0 Å². The van der Waals surface area contributed by atoms with Crippen LogP contribution in [-0.4, -0.2) is 18.9 Å². The van der Waals surface area contributed by atoms with E-state index in [4.69, 9.17) is 0 Å². The van der Waals surface area contributed by atoms with Crippen LogP contribution >= 0.6 is 0 Å². The zero-order valence-electron chi connectivity index (χ0n) is 22.4. The summed E-state index contributed by atoms with van der Waals surface area (Å²) in [6.07, 6.45) is 0.417. The van der Waals surface area contributed by atoms with Crippen LogP contribution in [0, 0.1) is 34.5 Å². The summed E-state index contributed by atoms with van der Waals surface area (Å²) in [4.78, 5) is 25.4. The van der Waals surface area contributed by atoms with Crippen molar-refractivity contribution in [3.63, 3.8) is 0 Å². The molecule has 2 N–H and O–H groups in total. The highest BCUT2D eigenvalue weighted by atomic mass is 19.4. The fraction of sp³-hybridized carbons (Fsp3) is 0.655. The summed E-state index contributed by atoms with van der Waals surface area (Å²) < 4.78 is 80.7. The van der Waals surface area contributed by atoms with E-state index in [2.05, 4.69) is 17.6 Å². The molecular formula is C29H36F6N2O2. The Labute approximate surface area is 225 Å². The van der Waals surface area contributed by atoms with Crippen LogP contribution in [0.15, 0.2) is 30.4 Å². The van der Waals surface area contributed by atoms with Gasteiger partial charge in [-0.15, -0.1) is 0 Å². The van der Waals surface area contributed by atoms with Crippen LogP contribution in [0.3, 0.4) is 0 Å². The lowest BCUT2D eigenvalue weighted by Crippen LogP contribution is -2.43. The van der Waals surface area contributed by atoms with E-state index in [1.165, 1.54) is 0 Å². The largest absolute Gasteiger partial charge is 0.418 e. The van der Waals surface area contributed by atoms with Gasteiger partial charge in [-0.2, -0.15) is 26.3 Å². The van der Waals surface area contributed by atoms with Crippen molar-refractivity contribution in [1.82, 2.24) is 5.32 Å². The second-order valence-electron chi connectivity index (χ2n) is 12.0. The molecule has 216 valence electrons. The molecule has 0 radical (unpaired) electrons. The van der Waals surface area contributed by atoms with Crippen LogP contribution in [0.2, 0.25) is 0 Å². The fourth-order valence-corrected chi connectivity index (χ4v) is 7.93. The number of fused-ring (bicyclic) bond motifs is 3. The van der Waals surface area contributed by atoms with Crippen molar-refractivity contribution in [2.24, 2.45) is 34.5 Å². The number of alkyl halides is 6. The van der Waals surface area contributed by atoms with Crippen LogP contribution in [0.1, 0.15) is 76.3 Å². The molecule has 1 aromatic rings. The van der Waals surface area contributed by atoms with Gasteiger partial charge in [0.25, 0.3) is 0 Å². The van der Waals surface area contributed by atoms with Crippen molar-refractivity contribution in [2.75, 3.05) is 12.4 Å². The molecule has 3 saturated carbocycles. The third kappa shape index (κ3) is 5.71. The Bertz CT molecular complexity index is 1130. The Morgan fingerprint density at radius 3 is 2.26 bits per heavy atom. The van der Waals surface area contributed by atoms with Gasteiger partial charge in [-0.25, -0.2) is 0 Å². The standard InChI is InChI=1S/C29H36F6N2O2/c1-26(15-12-24(38)36-3)13-4-6-18-19(26)7-5-14-27(2)20(18)10-11-22(27)25(39)37-23-16-17(28(30,31)32)8-9-21(23)29(33,34)35/h8-9,12,15-16,18-20,22H,4-7,10-11,13-14H2,1-3H3,(H,36,38)(H,37,39)/b15-12-. The van der Waals surface area contributed by atoms with Gasteiger partial charge in [0.15, 0.2) is 0 Å². The Hall–Kier alpha value is -2.52. The quantitative estimate of drug-likeness (QED) is 0.295. The highest BCUT2D eigenvalue weighted by Gasteiger charge is 2.57. The Kier molecular flexibility index (Phi) is 7.91. The molecule has 3 aliphatic carbocycles. The van der Waals surface area contributed by atoms with E-state index in [-0.39, 0.29) is 17.2 Å². The molecule has 3 fully saturated rings. The van der Waals surface area contributed by atoms with Crippen molar-refractivity contribution >= 4 is 17.5 Å². The fourth-order valence-electron chi connectivity index (χ4n) is 7.93. The van der Waals surface area contributed by atoms with E-state index in [9.17, 15) is 35.9 Å². The molecule has 6 unspecified atom stereocenters. The Morgan fingerprint density at radius 1 is 0.923 bits per heavy atom. The Morgan fingerprint density at radius 2 is 1.62 bits per heavy atom. The van der Waals surface area contributed by atoms with E-state index in [1.54, 1.807) is 13.1 Å². The molecule has 0 saturated heterocycles. The molecule has 10 heteroatoms. The van der Waals surface area contributed by atoms with Gasteiger partial charge >= 0.3 is 12.4 Å². The van der Waals surface area contributed by atoms with E-state index in [0.717, 1.165) is 38.5 Å². The molecule has 0 spiro atoms. The number of hydrogen-bond donors (Lipinski definition) is 2. The van der Waals surface area contributed by atoms with E-state index >= 15 is 0 Å². The molecule has 0 bridgehead atoms. The monoisotopic (exact) mass is 558 g/mol. The van der Waals surface area contributed by atoms with Gasteiger partial charge in [-0.05, 0) is 91.4 Å². The van der Waals surface area contributed by atoms with Gasteiger partial charge < -0.3 is 10.6 Å². The molecule has 3 aliphatic rings. The molecule has 4 rings (SSSR count). The highest BCUT2D eigenvalue weighted by Crippen LogP contribution is 2.63. The molecule has 2 amide bonds. The third-order valence-corrected chi connectivity index (χ3v) is 9.86. The first-order valence-electron chi connectivity index (χ1n) is 13.6. The van der Waals surface area contributed by atoms with Crippen molar-refractivity contribution < 1.29 is 35.9 Å². The molecule has 6 atom stereocenters. The SMILES string of the molecule is CNC(=O)/C=C\C1(C)CCCC2C1CCCC1(C)C(C(=O)Nc3cc(C(F)(F)F)ccc3C(F)(F)F)CCC21. The minimum absolute atomic E-state index is 0.164. The van der Waals surface area contributed by atoms with Crippen molar-refractivity contribution in [2.45, 2.75) is 77.6 Å². The summed E-state index contributed by atoms with van der Waals surface area (Å²) in [5.41, 5.74) is -4.06. The maximum absolute atomic E-state index is 13.6. The van der Waals surface area contributed by atoms with Crippen molar-refractivity contribution in [1.29, 1.82) is 0 Å². The third-order valence-electron chi connectivity index (χ3n) is 9.86. The summed E-state index contributed by atoms with van der Waals surface area (Å²) in [6.45, 7) is 4.21. The smallest absolute Gasteiger partial charge is 0.356 e. The summed E-state index contributed by atoms with van der Waals surface area (Å²) in [7, 11) is 1.58. The topological polar surface area (TPSA) is 58.2 Å². The highest BCUT2D eigenvalue weighted by molar-refractivity contribution is 5.94. The number of likely N-dealkylation sites (N-methyl/N-ethyl adjacent to an activating group) is 1. The van der Waals surface area contributed by atoms with Crippen LogP contribution < -0.4 is 10.6 Å². The number of allylic oxidation sites excluding steroid dienone is 1. The molecular weight excluding hydrogens is 522 g/mol. The van der Waals surface area contributed by atoms with Gasteiger partial charge in [-0.3, -0.25) is 9.59 Å². The number of anilines is 1. The average Bonchev–Trinajstić information content (AvgIpc) is 3.11. The molecule has 0 aromatic heterocycles. The summed E-state index contributed by atoms with van der Waals surface area (Å²) >= 11 is 0. The molecule has 4 nitrogen and oxygen atoms in total. The van der Waals surface area contributed by atoms with E-state index in [1.807, 2.05) is 13.0 Å². The van der Waals surface area contributed by atoms with Crippen molar-refractivity contribution in [3.8, 4) is 0 Å². The second kappa shape index (κ2) is 10.5. The predicted octanol–water partition coefficient (Wildman–Crippen LogP) is 7.60. The zero-order valence-corrected chi connectivity index (χ0v) is 22.4. The van der Waals surface area contributed by atoms with E-state index < -0.39 is 46.4 Å². The van der Waals surface area contributed by atoms with Crippen LogP contribution in [0.5, 0.6) is 0 Å². The number of halogens is 6. The number of nitrogens with one attached hydrogen (secondary N) is 2. The lowest BCUT2D eigenvalue weighted by atomic mass is 9.56. The number of hydrogen-bond acceptors (Lipinski definition) is 2. The van der Waals surface area contributed by atoms with Gasteiger partial charge in [0.1, 0.15) is 0 Å². The lowest BCUT2D eigenvalue weighted by molar-refractivity contribution is -0.141. The van der Waals surface area contributed by atoms with Gasteiger partial charge in [0, 0.05) is 13.0 Å². The Balaban J connectivity index is 1.61. The molecule has 39 heavy (non-hydrogen) atoms. The molecule has 0 aliphatic heterocycles. The van der Waals surface area contributed by atoms with Crippen LogP contribution in [0.25, 0.3) is 0 Å². The number of carbonyl (C=O) groups excluding carboxylic acids is 2. The predicted molar refractivity (Wildman–Crippen MR) is 135 cm³/mol. The number of amides is 2. The first-order chi connectivity index (χ1) is 18.1. The zero-order chi connectivity index (χ0) is 28.8. The molecule has 1 aromatic carbocycles. The summed E-state index contributed by atoms with van der Waals surface area (Å²) in [5.74, 6) is -0.656. The second-order valence-corrected chi connectivity index (χ2v) is 12.0. The number of benzene rings is 1. The molecule has 0 heterocycles. The first kappa shape index (κ1) is 29.5. The van der Waals surface area contributed by atoms with Crippen molar-refractivity contribution in [3.05, 3.63) is 41.5 Å². The number of rotatable bonds is 4. The lowest BCUT2D eigenvalue weighted by Gasteiger charge is -2.48. The normalized spacial score (nSPS) is 33.3. The number of carbonyl (C=O) groups is 2. The van der Waals surface area contributed by atoms with Gasteiger partial charge in [0.2, 0.25) is 11.8 Å². The maximum atomic E-state index is 13.6. The van der Waals surface area contributed by atoms with E-state index in [0.29, 0.717) is 42.9 Å². The minimum Gasteiger partial charge on any atom is -0.356 e. The average molecular weight is 559 g/mol. The first-order valence-corrected chi connectivity index (χ1v) is 13.6. The maximum Gasteiger partial charge on any atom is 0.418 e.